The molecule has 0 nitrogen and oxygen atoms in total. The normalized spacial score (nSPS) is 21.7. The molecule has 0 heterocycles. The SMILES string of the molecule is C1=CCCCCC=CCC=CC/C=C/1. The van der Waals surface area contributed by atoms with Crippen molar-refractivity contribution in [3.63, 3.8) is 0 Å². The van der Waals surface area contributed by atoms with E-state index in [-0.39, 0.29) is 0 Å². The van der Waals surface area contributed by atoms with Gasteiger partial charge in [-0.3, -0.25) is 0 Å². The van der Waals surface area contributed by atoms with Crippen molar-refractivity contribution in [1.29, 1.82) is 0 Å². The van der Waals surface area contributed by atoms with E-state index >= 15 is 0 Å². The number of rotatable bonds is 0. The molecular weight excluding hydrogens is 168 g/mol. The summed E-state index contributed by atoms with van der Waals surface area (Å²) in [6.07, 6.45) is 25.0. The van der Waals surface area contributed by atoms with Crippen LogP contribution >= 0.6 is 0 Å². The van der Waals surface area contributed by atoms with Gasteiger partial charge in [0.15, 0.2) is 0 Å². The van der Waals surface area contributed by atoms with Gasteiger partial charge in [0.25, 0.3) is 0 Å². The van der Waals surface area contributed by atoms with E-state index in [1.807, 2.05) is 0 Å². The summed E-state index contributed by atoms with van der Waals surface area (Å²) in [6, 6.07) is 0. The quantitative estimate of drug-likeness (QED) is 0.489. The maximum atomic E-state index is 2.30. The lowest BCUT2D eigenvalue weighted by Crippen LogP contribution is -1.72. The molecular formula is C14H20. The zero-order valence-electron chi connectivity index (χ0n) is 8.86. The standard InChI is InChI=1S/C14H20/c1-2-4-6-8-10-12-14-13-11-9-7-5-3-1/h1-4,7,9,13-14H,5-6,8,10-12H2/b3-1+,4-2?,9-7?,14-13?. The summed E-state index contributed by atoms with van der Waals surface area (Å²) in [5.41, 5.74) is 0. The Morgan fingerprint density at radius 2 is 1.07 bits per heavy atom. The van der Waals surface area contributed by atoms with Crippen molar-refractivity contribution in [3.8, 4) is 0 Å². The zero-order valence-corrected chi connectivity index (χ0v) is 8.86. The van der Waals surface area contributed by atoms with Gasteiger partial charge in [-0.2, -0.15) is 0 Å². The molecule has 0 aliphatic heterocycles. The topological polar surface area (TPSA) is 0 Å². The van der Waals surface area contributed by atoms with Crippen molar-refractivity contribution in [2.24, 2.45) is 0 Å². The molecule has 1 aliphatic rings. The zero-order chi connectivity index (χ0) is 9.90. The lowest BCUT2D eigenvalue weighted by atomic mass is 10.1. The van der Waals surface area contributed by atoms with Gasteiger partial charge in [-0.15, -0.1) is 0 Å². The third-order valence-corrected chi connectivity index (χ3v) is 2.25. The Balaban J connectivity index is 2.35. The highest BCUT2D eigenvalue weighted by Crippen LogP contribution is 2.03. The summed E-state index contributed by atoms with van der Waals surface area (Å²) in [5, 5.41) is 0. The predicted molar refractivity (Wildman–Crippen MR) is 64.3 cm³/mol. The Bertz CT molecular complexity index is 228. The van der Waals surface area contributed by atoms with Gasteiger partial charge in [-0.1, -0.05) is 48.6 Å². The van der Waals surface area contributed by atoms with Crippen molar-refractivity contribution in [3.05, 3.63) is 48.6 Å². The molecule has 1 rings (SSSR count). The van der Waals surface area contributed by atoms with Crippen LogP contribution in [0, 0.1) is 0 Å². The molecule has 0 atom stereocenters. The van der Waals surface area contributed by atoms with Gasteiger partial charge in [0.2, 0.25) is 0 Å². The van der Waals surface area contributed by atoms with Crippen LogP contribution in [0.2, 0.25) is 0 Å². The van der Waals surface area contributed by atoms with E-state index in [0.29, 0.717) is 0 Å². The first-order valence-corrected chi connectivity index (χ1v) is 5.62. The van der Waals surface area contributed by atoms with E-state index in [0.717, 1.165) is 12.8 Å². The van der Waals surface area contributed by atoms with Gasteiger partial charge < -0.3 is 0 Å². The molecule has 76 valence electrons. The second-order valence-electron chi connectivity index (χ2n) is 3.55. The van der Waals surface area contributed by atoms with Crippen LogP contribution in [0.15, 0.2) is 48.6 Å². The lowest BCUT2D eigenvalue weighted by molar-refractivity contribution is 0.761. The van der Waals surface area contributed by atoms with E-state index in [2.05, 4.69) is 48.6 Å². The molecule has 0 amide bonds. The van der Waals surface area contributed by atoms with Crippen LogP contribution in [0.1, 0.15) is 38.5 Å². The average Bonchev–Trinajstić information content (AvgIpc) is 2.22. The highest BCUT2D eigenvalue weighted by Gasteiger charge is 1.83. The highest BCUT2D eigenvalue weighted by molar-refractivity contribution is 5.05. The van der Waals surface area contributed by atoms with Crippen LogP contribution in [-0.2, 0) is 0 Å². The minimum Gasteiger partial charge on any atom is -0.0882 e. The van der Waals surface area contributed by atoms with Crippen LogP contribution in [0.3, 0.4) is 0 Å². The van der Waals surface area contributed by atoms with E-state index in [1.54, 1.807) is 0 Å². The fraction of sp³-hybridized carbons (Fsp3) is 0.429. The molecule has 0 N–H and O–H groups in total. The minimum absolute atomic E-state index is 1.05. The third-order valence-electron chi connectivity index (χ3n) is 2.25. The predicted octanol–water partition coefficient (Wildman–Crippen LogP) is 4.57. The summed E-state index contributed by atoms with van der Waals surface area (Å²) in [7, 11) is 0. The van der Waals surface area contributed by atoms with Crippen LogP contribution in [-0.4, -0.2) is 0 Å². The first-order chi connectivity index (χ1) is 7.00. The number of hydrogen-bond donors (Lipinski definition) is 0. The summed E-state index contributed by atoms with van der Waals surface area (Å²) < 4.78 is 0. The van der Waals surface area contributed by atoms with Crippen LogP contribution in [0.25, 0.3) is 0 Å². The average molecular weight is 188 g/mol. The molecule has 0 spiro atoms. The molecule has 0 unspecified atom stereocenters. The monoisotopic (exact) mass is 188 g/mol. The lowest BCUT2D eigenvalue weighted by Gasteiger charge is -1.93. The van der Waals surface area contributed by atoms with E-state index in [9.17, 15) is 0 Å². The van der Waals surface area contributed by atoms with Crippen LogP contribution in [0.5, 0.6) is 0 Å². The Morgan fingerprint density at radius 3 is 1.93 bits per heavy atom. The number of allylic oxidation sites excluding steroid dienone is 8. The molecule has 0 saturated heterocycles. The molecule has 0 aromatic rings. The van der Waals surface area contributed by atoms with E-state index in [1.165, 1.54) is 25.7 Å². The smallest absolute Gasteiger partial charge is 0.0166 e. The van der Waals surface area contributed by atoms with Crippen LogP contribution in [0.4, 0.5) is 0 Å². The molecule has 0 fully saturated rings. The maximum Gasteiger partial charge on any atom is -0.0166 e. The fourth-order valence-corrected chi connectivity index (χ4v) is 1.42. The van der Waals surface area contributed by atoms with Gasteiger partial charge in [-0.05, 0) is 38.5 Å². The molecule has 0 aromatic carbocycles. The van der Waals surface area contributed by atoms with Gasteiger partial charge in [-0.25, -0.2) is 0 Å². The third kappa shape index (κ3) is 6.47. The van der Waals surface area contributed by atoms with Gasteiger partial charge >= 0.3 is 0 Å². The molecule has 1 aliphatic carbocycles. The second kappa shape index (κ2) is 8.55. The van der Waals surface area contributed by atoms with Crippen molar-refractivity contribution < 1.29 is 0 Å². The molecule has 0 bridgehead atoms. The summed E-state index contributed by atoms with van der Waals surface area (Å²) in [4.78, 5) is 0. The van der Waals surface area contributed by atoms with Crippen molar-refractivity contribution in [1.82, 2.24) is 0 Å². The van der Waals surface area contributed by atoms with Gasteiger partial charge in [0.1, 0.15) is 0 Å². The van der Waals surface area contributed by atoms with E-state index in [4.69, 9.17) is 0 Å². The Labute approximate surface area is 87.7 Å². The fourth-order valence-electron chi connectivity index (χ4n) is 1.42. The summed E-state index contributed by atoms with van der Waals surface area (Å²) >= 11 is 0. The largest absolute Gasteiger partial charge is 0.0882 e. The summed E-state index contributed by atoms with van der Waals surface area (Å²) in [6.45, 7) is 0. The molecule has 0 saturated carbocycles. The van der Waals surface area contributed by atoms with Crippen molar-refractivity contribution >= 4 is 0 Å². The minimum atomic E-state index is 1.05. The first kappa shape index (κ1) is 11.0. The van der Waals surface area contributed by atoms with Crippen LogP contribution < -0.4 is 0 Å². The Morgan fingerprint density at radius 1 is 0.500 bits per heavy atom. The molecule has 0 aromatic heterocycles. The Kier molecular flexibility index (Phi) is 6.74. The molecule has 0 heteroatoms. The van der Waals surface area contributed by atoms with Gasteiger partial charge in [0, 0.05) is 0 Å². The maximum absolute atomic E-state index is 2.30. The van der Waals surface area contributed by atoms with Gasteiger partial charge in [0.05, 0.1) is 0 Å². The summed E-state index contributed by atoms with van der Waals surface area (Å²) in [5.74, 6) is 0. The van der Waals surface area contributed by atoms with E-state index < -0.39 is 0 Å². The molecule has 14 heavy (non-hydrogen) atoms. The highest BCUT2D eigenvalue weighted by atomic mass is 13.9. The Hall–Kier alpha value is -1.04. The first-order valence-electron chi connectivity index (χ1n) is 5.62. The molecule has 0 radical (unpaired) electrons. The van der Waals surface area contributed by atoms with Crippen molar-refractivity contribution in [2.75, 3.05) is 0 Å². The van der Waals surface area contributed by atoms with Crippen molar-refractivity contribution in [2.45, 2.75) is 38.5 Å². The second-order valence-corrected chi connectivity index (χ2v) is 3.55. The number of hydrogen-bond acceptors (Lipinski definition) is 0.